The summed E-state index contributed by atoms with van der Waals surface area (Å²) in [6, 6.07) is 16.2. The largest absolute Gasteiger partial charge is 0.493 e. The van der Waals surface area contributed by atoms with Crippen LogP contribution in [-0.2, 0) is 19.3 Å². The number of benzene rings is 1. The Morgan fingerprint density at radius 1 is 0.595 bits per heavy atom. The molecule has 0 unspecified atom stereocenters. The van der Waals surface area contributed by atoms with Crippen molar-refractivity contribution in [2.24, 2.45) is 17.8 Å². The number of hydrogen-bond acceptors (Lipinski definition) is 4. The summed E-state index contributed by atoms with van der Waals surface area (Å²) in [7, 11) is 0. The molecule has 0 amide bonds. The quantitative estimate of drug-likeness (QED) is 0.266. The molecule has 0 atom stereocenters. The maximum atomic E-state index is 5.42. The highest BCUT2D eigenvalue weighted by atomic mass is 16.5. The van der Waals surface area contributed by atoms with Crippen molar-refractivity contribution < 1.29 is 9.47 Å². The fraction of sp³-hybridized carbons (Fsp3) is 0.526. The summed E-state index contributed by atoms with van der Waals surface area (Å²) in [6.45, 7) is 21.2. The van der Waals surface area contributed by atoms with Gasteiger partial charge < -0.3 is 9.47 Å². The van der Waals surface area contributed by atoms with Crippen LogP contribution in [0.3, 0.4) is 0 Å². The molecule has 0 fully saturated rings. The SMILES string of the molecule is C.C.C1=Cc2ncccc2C1.CC(C)C.CC(C)C.CC(C)C.c1ccc2c(c1)CCCO2.c1cnc2c(c1)OCC2. The summed E-state index contributed by atoms with van der Waals surface area (Å²) in [5.74, 6) is 4.53. The summed E-state index contributed by atoms with van der Waals surface area (Å²) >= 11 is 0. The average molecular weight is 579 g/mol. The average Bonchev–Trinajstić information content (AvgIpc) is 3.58. The zero-order valence-corrected chi connectivity index (χ0v) is 26.6. The Morgan fingerprint density at radius 2 is 1.12 bits per heavy atom. The molecule has 4 heteroatoms. The van der Waals surface area contributed by atoms with E-state index >= 15 is 0 Å². The van der Waals surface area contributed by atoms with Gasteiger partial charge in [-0.15, -0.1) is 0 Å². The van der Waals surface area contributed by atoms with Gasteiger partial charge in [-0.25, -0.2) is 0 Å². The van der Waals surface area contributed by atoms with E-state index in [-0.39, 0.29) is 14.9 Å². The predicted octanol–water partition coefficient (Wildman–Crippen LogP) is 10.9. The number of fused-ring (bicyclic) bond motifs is 3. The van der Waals surface area contributed by atoms with Crippen molar-refractivity contribution in [3.8, 4) is 11.5 Å². The van der Waals surface area contributed by atoms with Gasteiger partial charge in [0.25, 0.3) is 0 Å². The zero-order valence-electron chi connectivity index (χ0n) is 26.6. The van der Waals surface area contributed by atoms with Gasteiger partial charge >= 0.3 is 0 Å². The van der Waals surface area contributed by atoms with Gasteiger partial charge in [-0.1, -0.05) is 108 Å². The van der Waals surface area contributed by atoms with Crippen LogP contribution < -0.4 is 9.47 Å². The zero-order chi connectivity index (χ0) is 29.8. The Morgan fingerprint density at radius 3 is 1.71 bits per heavy atom. The minimum Gasteiger partial charge on any atom is -0.493 e. The van der Waals surface area contributed by atoms with Crippen LogP contribution in [0.2, 0.25) is 0 Å². The second kappa shape index (κ2) is 24.5. The van der Waals surface area contributed by atoms with Crippen molar-refractivity contribution in [1.82, 2.24) is 9.97 Å². The first kappa shape index (κ1) is 41.0. The number of rotatable bonds is 0. The molecule has 6 rings (SSSR count). The first-order valence-electron chi connectivity index (χ1n) is 15.0. The van der Waals surface area contributed by atoms with Crippen molar-refractivity contribution in [3.05, 3.63) is 89.5 Å². The van der Waals surface area contributed by atoms with Crippen molar-refractivity contribution in [1.29, 1.82) is 0 Å². The Labute approximate surface area is 260 Å². The van der Waals surface area contributed by atoms with Gasteiger partial charge in [-0.05, 0) is 78.5 Å². The second-order valence-corrected chi connectivity index (χ2v) is 12.0. The normalized spacial score (nSPS) is 12.4. The number of pyridine rings is 2. The molecule has 0 bridgehead atoms. The molecule has 4 heterocycles. The van der Waals surface area contributed by atoms with E-state index in [4.69, 9.17) is 9.47 Å². The molecule has 2 aliphatic heterocycles. The molecule has 3 aliphatic rings. The van der Waals surface area contributed by atoms with E-state index in [9.17, 15) is 0 Å². The standard InChI is InChI=1S/C9H10O.C8H7N.C7H7NO.3C4H10.2CH4/c1-2-6-9-8(4-1)5-3-7-10-9;1-3-7-4-2-6-9-8(7)5-1;1-2-7-6(8-4-1)3-5-9-7;3*1-4(2)3;;/h1-2,4,6H,3,5,7H2;1-2,4-6H,3H2;1-2,4H,3,5H2;3*4H,1-3H3;2*1H4. The Kier molecular flexibility index (Phi) is 23.9. The molecular formula is C38H62N2O2. The van der Waals surface area contributed by atoms with Crippen LogP contribution >= 0.6 is 0 Å². The van der Waals surface area contributed by atoms with Crippen LogP contribution in [0.25, 0.3) is 6.08 Å². The topological polar surface area (TPSA) is 44.2 Å². The number of ether oxygens (including phenoxy) is 2. The first-order chi connectivity index (χ1) is 19.1. The van der Waals surface area contributed by atoms with Gasteiger partial charge in [0, 0.05) is 18.8 Å². The fourth-order valence-electron chi connectivity index (χ4n) is 3.37. The molecule has 3 aromatic rings. The number of hydrogen-bond donors (Lipinski definition) is 0. The van der Waals surface area contributed by atoms with E-state index in [1.54, 1.807) is 6.20 Å². The third-order valence-electron chi connectivity index (χ3n) is 4.81. The van der Waals surface area contributed by atoms with E-state index in [1.807, 2.05) is 36.5 Å². The predicted molar refractivity (Wildman–Crippen MR) is 186 cm³/mol. The Balaban J connectivity index is 0. The number of para-hydroxylation sites is 1. The summed E-state index contributed by atoms with van der Waals surface area (Å²) in [6.07, 6.45) is 12.2. The van der Waals surface area contributed by atoms with Crippen LogP contribution in [0.4, 0.5) is 0 Å². The van der Waals surface area contributed by atoms with Crippen LogP contribution in [0.1, 0.15) is 106 Å². The number of allylic oxidation sites excluding steroid dienone is 1. The van der Waals surface area contributed by atoms with Crippen molar-refractivity contribution in [2.45, 2.75) is 103 Å². The lowest BCUT2D eigenvalue weighted by Gasteiger charge is -2.15. The van der Waals surface area contributed by atoms with Crippen molar-refractivity contribution >= 4 is 6.08 Å². The van der Waals surface area contributed by atoms with Crippen LogP contribution in [0.5, 0.6) is 11.5 Å². The van der Waals surface area contributed by atoms with E-state index in [2.05, 4.69) is 103 Å². The molecule has 4 nitrogen and oxygen atoms in total. The van der Waals surface area contributed by atoms with E-state index in [1.165, 1.54) is 17.5 Å². The highest BCUT2D eigenvalue weighted by molar-refractivity contribution is 5.55. The second-order valence-electron chi connectivity index (χ2n) is 12.0. The molecule has 0 N–H and O–H groups in total. The van der Waals surface area contributed by atoms with Gasteiger partial charge in [0.1, 0.15) is 11.5 Å². The molecule has 236 valence electrons. The molecular weight excluding hydrogens is 516 g/mol. The maximum absolute atomic E-state index is 5.42. The highest BCUT2D eigenvalue weighted by Gasteiger charge is 2.10. The molecule has 0 saturated carbocycles. The first-order valence-corrected chi connectivity index (χ1v) is 15.0. The number of aromatic nitrogens is 2. The number of nitrogens with zero attached hydrogens (tertiary/aromatic N) is 2. The van der Waals surface area contributed by atoms with Gasteiger partial charge in [0.05, 0.1) is 24.6 Å². The molecule has 1 aliphatic carbocycles. The van der Waals surface area contributed by atoms with Crippen LogP contribution in [-0.4, -0.2) is 23.2 Å². The molecule has 1 aromatic carbocycles. The number of aryl methyl sites for hydroxylation is 1. The summed E-state index contributed by atoms with van der Waals surface area (Å²) < 4.78 is 10.7. The van der Waals surface area contributed by atoms with E-state index in [0.717, 1.165) is 73.1 Å². The smallest absolute Gasteiger partial charge is 0.140 e. The summed E-state index contributed by atoms with van der Waals surface area (Å²) in [4.78, 5) is 8.31. The van der Waals surface area contributed by atoms with Gasteiger partial charge in [-0.3, -0.25) is 9.97 Å². The third-order valence-corrected chi connectivity index (χ3v) is 4.81. The Bertz CT molecular complexity index is 1010. The van der Waals surface area contributed by atoms with Gasteiger partial charge in [0.15, 0.2) is 0 Å². The van der Waals surface area contributed by atoms with Gasteiger partial charge in [-0.2, -0.15) is 0 Å². The fourth-order valence-corrected chi connectivity index (χ4v) is 3.37. The highest BCUT2D eigenvalue weighted by Crippen LogP contribution is 2.23. The monoisotopic (exact) mass is 578 g/mol. The lowest BCUT2D eigenvalue weighted by atomic mass is 10.1. The molecule has 0 radical (unpaired) electrons. The minimum atomic E-state index is 0. The van der Waals surface area contributed by atoms with E-state index < -0.39 is 0 Å². The lowest BCUT2D eigenvalue weighted by molar-refractivity contribution is 0.288. The van der Waals surface area contributed by atoms with Gasteiger partial charge in [0.2, 0.25) is 0 Å². The summed E-state index contributed by atoms with van der Waals surface area (Å²) in [5.41, 5.74) is 4.93. The third kappa shape index (κ3) is 19.9. The Hall–Kier alpha value is -3.14. The van der Waals surface area contributed by atoms with Crippen molar-refractivity contribution in [2.75, 3.05) is 13.2 Å². The maximum Gasteiger partial charge on any atom is 0.140 e. The molecule has 2 aromatic heterocycles. The van der Waals surface area contributed by atoms with E-state index in [0.29, 0.717) is 0 Å². The lowest BCUT2D eigenvalue weighted by Crippen LogP contribution is -2.07. The van der Waals surface area contributed by atoms with Crippen LogP contribution in [0.15, 0.2) is 67.0 Å². The van der Waals surface area contributed by atoms with Crippen molar-refractivity contribution in [3.63, 3.8) is 0 Å². The minimum absolute atomic E-state index is 0. The molecule has 0 spiro atoms. The molecule has 0 saturated heterocycles. The van der Waals surface area contributed by atoms with Crippen LogP contribution in [0, 0.1) is 17.8 Å². The summed E-state index contributed by atoms with van der Waals surface area (Å²) in [5, 5.41) is 0. The molecule has 42 heavy (non-hydrogen) atoms.